The molecule has 0 bridgehead atoms. The van der Waals surface area contributed by atoms with Crippen molar-refractivity contribution in [3.05, 3.63) is 0 Å². The van der Waals surface area contributed by atoms with Crippen LogP contribution in [-0.2, 0) is 4.79 Å². The van der Waals surface area contributed by atoms with Gasteiger partial charge in [0, 0.05) is 6.42 Å². The SMILES string of the molecule is CCCCCCCCCCCCCNCCCCCC(=O)O. The molecule has 0 aromatic rings. The minimum atomic E-state index is -0.672. The van der Waals surface area contributed by atoms with E-state index in [1.807, 2.05) is 0 Å². The summed E-state index contributed by atoms with van der Waals surface area (Å²) >= 11 is 0. The third kappa shape index (κ3) is 19.4. The van der Waals surface area contributed by atoms with Gasteiger partial charge in [-0.3, -0.25) is 4.79 Å². The van der Waals surface area contributed by atoms with Crippen molar-refractivity contribution in [2.75, 3.05) is 13.1 Å². The molecule has 0 aromatic carbocycles. The van der Waals surface area contributed by atoms with Crippen molar-refractivity contribution in [2.45, 2.75) is 103 Å². The van der Waals surface area contributed by atoms with Gasteiger partial charge < -0.3 is 10.4 Å². The molecule has 3 heteroatoms. The molecule has 0 heterocycles. The van der Waals surface area contributed by atoms with E-state index in [4.69, 9.17) is 5.11 Å². The van der Waals surface area contributed by atoms with E-state index in [1.54, 1.807) is 0 Å². The summed E-state index contributed by atoms with van der Waals surface area (Å²) in [5.74, 6) is -0.672. The van der Waals surface area contributed by atoms with E-state index in [0.29, 0.717) is 6.42 Å². The summed E-state index contributed by atoms with van der Waals surface area (Å²) in [6, 6.07) is 0. The number of unbranched alkanes of at least 4 members (excludes halogenated alkanes) is 12. The number of carboxylic acids is 1. The second-order valence-electron chi connectivity index (χ2n) is 6.49. The Labute approximate surface area is 138 Å². The molecule has 0 spiro atoms. The number of hydrogen-bond donors (Lipinski definition) is 2. The first kappa shape index (κ1) is 21.4. The maximum absolute atomic E-state index is 10.3. The molecule has 0 aliphatic rings. The quantitative estimate of drug-likeness (QED) is 0.327. The highest BCUT2D eigenvalue weighted by Crippen LogP contribution is 2.11. The molecule has 0 fully saturated rings. The van der Waals surface area contributed by atoms with Crippen molar-refractivity contribution >= 4 is 5.97 Å². The first-order valence-electron chi connectivity index (χ1n) is 9.70. The molecule has 0 radical (unpaired) electrons. The van der Waals surface area contributed by atoms with Gasteiger partial charge in [0.1, 0.15) is 0 Å². The van der Waals surface area contributed by atoms with E-state index in [0.717, 1.165) is 32.4 Å². The van der Waals surface area contributed by atoms with Gasteiger partial charge in [0.25, 0.3) is 0 Å². The van der Waals surface area contributed by atoms with Gasteiger partial charge in [-0.15, -0.1) is 0 Å². The van der Waals surface area contributed by atoms with Crippen LogP contribution in [0.4, 0.5) is 0 Å². The van der Waals surface area contributed by atoms with Crippen LogP contribution >= 0.6 is 0 Å². The van der Waals surface area contributed by atoms with E-state index in [2.05, 4.69) is 12.2 Å². The van der Waals surface area contributed by atoms with Gasteiger partial charge in [-0.1, -0.05) is 77.6 Å². The smallest absolute Gasteiger partial charge is 0.303 e. The summed E-state index contributed by atoms with van der Waals surface area (Å²) in [5, 5.41) is 12.0. The molecule has 0 saturated carbocycles. The van der Waals surface area contributed by atoms with Crippen molar-refractivity contribution in [1.29, 1.82) is 0 Å². The summed E-state index contributed by atoms with van der Waals surface area (Å²) in [5.41, 5.74) is 0. The number of aliphatic carboxylic acids is 1. The largest absolute Gasteiger partial charge is 0.481 e. The molecule has 0 aliphatic carbocycles. The van der Waals surface area contributed by atoms with Gasteiger partial charge in [-0.25, -0.2) is 0 Å². The molecule has 0 aromatic heterocycles. The van der Waals surface area contributed by atoms with E-state index in [1.165, 1.54) is 70.6 Å². The summed E-state index contributed by atoms with van der Waals surface area (Å²) < 4.78 is 0. The van der Waals surface area contributed by atoms with Crippen LogP contribution in [0, 0.1) is 0 Å². The Bertz CT molecular complexity index is 231. The fourth-order valence-corrected chi connectivity index (χ4v) is 2.74. The monoisotopic (exact) mass is 313 g/mol. The van der Waals surface area contributed by atoms with Crippen LogP contribution in [0.15, 0.2) is 0 Å². The van der Waals surface area contributed by atoms with Crippen LogP contribution in [-0.4, -0.2) is 24.2 Å². The van der Waals surface area contributed by atoms with Gasteiger partial charge in [-0.05, 0) is 32.4 Å². The van der Waals surface area contributed by atoms with Gasteiger partial charge in [0.2, 0.25) is 0 Å². The topological polar surface area (TPSA) is 49.3 Å². The van der Waals surface area contributed by atoms with Crippen LogP contribution < -0.4 is 5.32 Å². The van der Waals surface area contributed by atoms with Gasteiger partial charge in [-0.2, -0.15) is 0 Å². The molecule has 0 saturated heterocycles. The van der Waals surface area contributed by atoms with E-state index in [9.17, 15) is 4.79 Å². The molecule has 132 valence electrons. The van der Waals surface area contributed by atoms with Crippen LogP contribution in [0.25, 0.3) is 0 Å². The molecule has 0 atom stereocenters. The molecule has 22 heavy (non-hydrogen) atoms. The van der Waals surface area contributed by atoms with Crippen LogP contribution in [0.1, 0.15) is 103 Å². The molecule has 0 aliphatic heterocycles. The Hall–Kier alpha value is -0.570. The Morgan fingerprint density at radius 3 is 1.55 bits per heavy atom. The normalized spacial score (nSPS) is 11.0. The average Bonchev–Trinajstić information content (AvgIpc) is 2.50. The molecule has 0 rings (SSSR count). The predicted octanol–water partition coefficient (Wildman–Crippen LogP) is 5.53. The lowest BCUT2D eigenvalue weighted by molar-refractivity contribution is -0.137. The highest BCUT2D eigenvalue weighted by molar-refractivity contribution is 5.66. The first-order chi connectivity index (χ1) is 10.8. The summed E-state index contributed by atoms with van der Waals surface area (Å²) in [6.45, 7) is 4.43. The average molecular weight is 314 g/mol. The van der Waals surface area contributed by atoms with E-state index < -0.39 is 5.97 Å². The number of nitrogens with one attached hydrogen (secondary N) is 1. The molecule has 2 N–H and O–H groups in total. The number of carbonyl (C=O) groups is 1. The third-order valence-electron chi connectivity index (χ3n) is 4.20. The van der Waals surface area contributed by atoms with Gasteiger partial charge in [0.05, 0.1) is 0 Å². The number of carboxylic acid groups (broad SMARTS) is 1. The predicted molar refractivity (Wildman–Crippen MR) is 95.4 cm³/mol. The minimum Gasteiger partial charge on any atom is -0.481 e. The Morgan fingerprint density at radius 2 is 1.09 bits per heavy atom. The fraction of sp³-hybridized carbons (Fsp3) is 0.947. The number of rotatable bonds is 18. The van der Waals surface area contributed by atoms with Gasteiger partial charge >= 0.3 is 5.97 Å². The zero-order valence-electron chi connectivity index (χ0n) is 14.9. The Balaban J connectivity index is 2.95. The van der Waals surface area contributed by atoms with Crippen molar-refractivity contribution < 1.29 is 9.90 Å². The molecular formula is C19H39NO2. The second-order valence-corrected chi connectivity index (χ2v) is 6.49. The zero-order valence-corrected chi connectivity index (χ0v) is 14.9. The van der Waals surface area contributed by atoms with Crippen molar-refractivity contribution in [1.82, 2.24) is 5.32 Å². The first-order valence-corrected chi connectivity index (χ1v) is 9.70. The van der Waals surface area contributed by atoms with Crippen molar-refractivity contribution in [2.24, 2.45) is 0 Å². The molecular weight excluding hydrogens is 274 g/mol. The zero-order chi connectivity index (χ0) is 16.3. The van der Waals surface area contributed by atoms with Crippen LogP contribution in [0.5, 0.6) is 0 Å². The summed E-state index contributed by atoms with van der Waals surface area (Å²) in [7, 11) is 0. The lowest BCUT2D eigenvalue weighted by Crippen LogP contribution is -2.16. The highest BCUT2D eigenvalue weighted by Gasteiger charge is 1.96. The Kier molecular flexibility index (Phi) is 18.0. The van der Waals surface area contributed by atoms with Crippen LogP contribution in [0.3, 0.4) is 0 Å². The maximum atomic E-state index is 10.3. The standard InChI is InChI=1S/C19H39NO2/c1-2-3-4-5-6-7-8-9-10-11-14-17-20-18-15-12-13-16-19(21)22/h20H,2-18H2,1H3,(H,21,22). The lowest BCUT2D eigenvalue weighted by Gasteiger charge is -2.05. The van der Waals surface area contributed by atoms with Crippen LogP contribution in [0.2, 0.25) is 0 Å². The molecule has 0 unspecified atom stereocenters. The second kappa shape index (κ2) is 18.5. The summed E-state index contributed by atoms with van der Waals surface area (Å²) in [4.78, 5) is 10.3. The van der Waals surface area contributed by atoms with E-state index in [-0.39, 0.29) is 0 Å². The van der Waals surface area contributed by atoms with Crippen molar-refractivity contribution in [3.63, 3.8) is 0 Å². The summed E-state index contributed by atoms with van der Waals surface area (Å²) in [6.07, 6.45) is 18.6. The Morgan fingerprint density at radius 1 is 0.682 bits per heavy atom. The number of hydrogen-bond acceptors (Lipinski definition) is 2. The fourth-order valence-electron chi connectivity index (χ4n) is 2.74. The third-order valence-corrected chi connectivity index (χ3v) is 4.20. The maximum Gasteiger partial charge on any atom is 0.303 e. The minimum absolute atomic E-state index is 0.318. The highest BCUT2D eigenvalue weighted by atomic mass is 16.4. The molecule has 3 nitrogen and oxygen atoms in total. The lowest BCUT2D eigenvalue weighted by atomic mass is 10.1. The van der Waals surface area contributed by atoms with Gasteiger partial charge in [0.15, 0.2) is 0 Å². The van der Waals surface area contributed by atoms with E-state index >= 15 is 0 Å². The van der Waals surface area contributed by atoms with Crippen molar-refractivity contribution in [3.8, 4) is 0 Å². The molecule has 0 amide bonds.